The molecule has 1 aromatic rings. The fourth-order valence-electron chi connectivity index (χ4n) is 0.678. The summed E-state index contributed by atoms with van der Waals surface area (Å²) in [6.07, 6.45) is 0. The summed E-state index contributed by atoms with van der Waals surface area (Å²) in [5, 5.41) is 0. The first-order chi connectivity index (χ1) is 5.22. The molecule has 0 atom stereocenters. The molecule has 0 aliphatic rings. The van der Waals surface area contributed by atoms with E-state index in [1.54, 1.807) is 24.3 Å². The summed E-state index contributed by atoms with van der Waals surface area (Å²) in [5.74, 6) is -0.422. The van der Waals surface area contributed by atoms with Gasteiger partial charge in [0.25, 0.3) is 5.91 Å². The molecule has 1 amide bonds. The van der Waals surface area contributed by atoms with E-state index < -0.39 is 5.91 Å². The van der Waals surface area contributed by atoms with Crippen LogP contribution >= 0.6 is 23.6 Å². The molecule has 1 aromatic carbocycles. The van der Waals surface area contributed by atoms with Crippen LogP contribution in [-0.2, 0) is 0 Å². The minimum absolute atomic E-state index is 0.422. The van der Waals surface area contributed by atoms with E-state index >= 15 is 0 Å². The average Bonchev–Trinajstić information content (AvgIpc) is 2.05. The first-order valence-corrected chi connectivity index (χ1v) is 3.60. The van der Waals surface area contributed by atoms with Crippen LogP contribution in [0.1, 0.15) is 10.4 Å². The first-order valence-electron chi connectivity index (χ1n) is 2.93. The quantitative estimate of drug-likeness (QED) is 0.622. The van der Waals surface area contributed by atoms with Gasteiger partial charge in [-0.05, 0) is 12.1 Å². The van der Waals surface area contributed by atoms with E-state index in [1.807, 2.05) is 6.07 Å². The van der Waals surface area contributed by atoms with Crippen molar-refractivity contribution in [2.75, 3.05) is 0 Å². The Morgan fingerprint density at radius 3 is 2.18 bits per heavy atom. The third-order valence-electron chi connectivity index (χ3n) is 1.17. The highest BCUT2D eigenvalue weighted by atomic mass is 35.5. The van der Waals surface area contributed by atoms with Crippen LogP contribution < -0.4 is 0 Å². The maximum Gasteiger partial charge on any atom is 0.283 e. The van der Waals surface area contributed by atoms with Gasteiger partial charge in [-0.3, -0.25) is 4.79 Å². The molecule has 0 aliphatic carbocycles. The molecule has 0 radical (unpaired) electrons. The summed E-state index contributed by atoms with van der Waals surface area (Å²) < 4.78 is 0.509. The third kappa shape index (κ3) is 2.10. The van der Waals surface area contributed by atoms with Crippen LogP contribution in [0.3, 0.4) is 0 Å². The van der Waals surface area contributed by atoms with Gasteiger partial charge in [-0.25, -0.2) is 0 Å². The van der Waals surface area contributed by atoms with E-state index in [2.05, 4.69) is 0 Å². The number of halogens is 2. The highest BCUT2D eigenvalue weighted by Gasteiger charge is 2.09. The number of carbonyl (C=O) groups is 1. The molecule has 0 fully saturated rings. The van der Waals surface area contributed by atoms with E-state index in [-0.39, 0.29) is 0 Å². The molecule has 11 heavy (non-hydrogen) atoms. The topological polar surface area (TPSA) is 20.3 Å². The lowest BCUT2D eigenvalue weighted by Gasteiger charge is -2.01. The van der Waals surface area contributed by atoms with Gasteiger partial charge in [0.2, 0.25) is 0 Å². The number of hydrogen-bond donors (Lipinski definition) is 0. The molecule has 0 unspecified atom stereocenters. The molecule has 58 valence electrons. The smallest absolute Gasteiger partial charge is 0.266 e. The Labute approximate surface area is 74.5 Å². The summed E-state index contributed by atoms with van der Waals surface area (Å²) in [6.45, 7) is 0. The van der Waals surface area contributed by atoms with Crippen LogP contribution in [-0.4, -0.2) is 9.85 Å². The van der Waals surface area contributed by atoms with Gasteiger partial charge >= 0.3 is 0 Å². The largest absolute Gasteiger partial charge is 0.283 e. The zero-order valence-corrected chi connectivity index (χ0v) is 7.01. The Kier molecular flexibility index (Phi) is 2.74. The molecule has 2 nitrogen and oxygen atoms in total. The fraction of sp³-hybridized carbons (Fsp3) is 0. The molecule has 0 saturated carbocycles. The van der Waals surface area contributed by atoms with Crippen molar-refractivity contribution in [3.05, 3.63) is 35.9 Å². The highest BCUT2D eigenvalue weighted by molar-refractivity contribution is 6.43. The third-order valence-corrected chi connectivity index (χ3v) is 1.48. The summed E-state index contributed by atoms with van der Waals surface area (Å²) in [6, 6.07) is 8.57. The standard InChI is InChI=1S/C7H5Cl2NO/c8-10(9)7(11)6-4-2-1-3-5-6/h1-5H. The molecule has 0 bridgehead atoms. The van der Waals surface area contributed by atoms with Crippen molar-refractivity contribution >= 4 is 29.5 Å². The van der Waals surface area contributed by atoms with Crippen molar-refractivity contribution < 1.29 is 4.79 Å². The molecule has 0 heterocycles. The molecular weight excluding hydrogens is 185 g/mol. The predicted octanol–water partition coefficient (Wildman–Crippen LogP) is 2.44. The Morgan fingerprint density at radius 2 is 1.73 bits per heavy atom. The van der Waals surface area contributed by atoms with Crippen molar-refractivity contribution in [1.29, 1.82) is 0 Å². The second-order valence-corrected chi connectivity index (χ2v) is 2.75. The number of benzene rings is 1. The van der Waals surface area contributed by atoms with Gasteiger partial charge in [-0.15, -0.1) is 0 Å². The minimum atomic E-state index is -0.422. The molecule has 4 heteroatoms. The van der Waals surface area contributed by atoms with Crippen molar-refractivity contribution in [3.8, 4) is 0 Å². The monoisotopic (exact) mass is 189 g/mol. The van der Waals surface area contributed by atoms with Gasteiger partial charge < -0.3 is 0 Å². The van der Waals surface area contributed by atoms with E-state index in [1.165, 1.54) is 0 Å². The molecule has 0 aromatic heterocycles. The molecule has 0 aliphatic heterocycles. The Balaban J connectivity index is 2.86. The second-order valence-electron chi connectivity index (χ2n) is 1.90. The lowest BCUT2D eigenvalue weighted by atomic mass is 10.2. The minimum Gasteiger partial charge on any atom is -0.266 e. The highest BCUT2D eigenvalue weighted by Crippen LogP contribution is 2.08. The maximum absolute atomic E-state index is 11.0. The van der Waals surface area contributed by atoms with Gasteiger partial charge in [0.1, 0.15) is 0 Å². The van der Waals surface area contributed by atoms with Crippen LogP contribution in [0.5, 0.6) is 0 Å². The molecule has 0 saturated heterocycles. The molecule has 0 N–H and O–H groups in total. The first kappa shape index (κ1) is 8.37. The van der Waals surface area contributed by atoms with Crippen LogP contribution in [0, 0.1) is 0 Å². The summed E-state index contributed by atoms with van der Waals surface area (Å²) >= 11 is 10.4. The molecule has 1 rings (SSSR count). The van der Waals surface area contributed by atoms with Crippen molar-refractivity contribution in [3.63, 3.8) is 0 Å². The van der Waals surface area contributed by atoms with Crippen LogP contribution in [0.2, 0.25) is 0 Å². The molecular formula is C7H5Cl2NO. The lowest BCUT2D eigenvalue weighted by Crippen LogP contribution is -2.10. The van der Waals surface area contributed by atoms with Gasteiger partial charge in [-0.1, -0.05) is 18.2 Å². The normalized spacial score (nSPS) is 9.27. The SMILES string of the molecule is O=C(c1ccccc1)N(Cl)Cl. The lowest BCUT2D eigenvalue weighted by molar-refractivity contribution is 0.0924. The van der Waals surface area contributed by atoms with Crippen molar-refractivity contribution in [2.45, 2.75) is 0 Å². The van der Waals surface area contributed by atoms with Gasteiger partial charge in [0, 0.05) is 29.1 Å². The van der Waals surface area contributed by atoms with Gasteiger partial charge in [0.15, 0.2) is 0 Å². The van der Waals surface area contributed by atoms with E-state index in [9.17, 15) is 4.79 Å². The fourth-order valence-corrected chi connectivity index (χ4v) is 0.873. The zero-order chi connectivity index (χ0) is 8.27. The summed E-state index contributed by atoms with van der Waals surface area (Å²) in [7, 11) is 0. The number of rotatable bonds is 1. The van der Waals surface area contributed by atoms with Gasteiger partial charge in [-0.2, -0.15) is 3.94 Å². The van der Waals surface area contributed by atoms with E-state index in [0.29, 0.717) is 9.50 Å². The van der Waals surface area contributed by atoms with E-state index in [0.717, 1.165) is 0 Å². The second kappa shape index (κ2) is 3.60. The number of carbonyl (C=O) groups excluding carboxylic acids is 1. The summed E-state index contributed by atoms with van der Waals surface area (Å²) in [5.41, 5.74) is 0.470. The summed E-state index contributed by atoms with van der Waals surface area (Å²) in [4.78, 5) is 11.0. The van der Waals surface area contributed by atoms with Crippen LogP contribution in [0.25, 0.3) is 0 Å². The number of amides is 1. The Bertz CT molecular complexity index is 248. The number of nitrogens with zero attached hydrogens (tertiary/aromatic N) is 1. The van der Waals surface area contributed by atoms with Crippen LogP contribution in [0.4, 0.5) is 0 Å². The van der Waals surface area contributed by atoms with Crippen molar-refractivity contribution in [1.82, 2.24) is 3.94 Å². The van der Waals surface area contributed by atoms with E-state index in [4.69, 9.17) is 23.6 Å². The maximum atomic E-state index is 11.0. The average molecular weight is 190 g/mol. The Hall–Kier alpha value is -0.730. The zero-order valence-electron chi connectivity index (χ0n) is 5.50. The predicted molar refractivity (Wildman–Crippen MR) is 44.3 cm³/mol. The number of hydrogen-bond acceptors (Lipinski definition) is 1. The molecule has 0 spiro atoms. The van der Waals surface area contributed by atoms with Crippen molar-refractivity contribution in [2.24, 2.45) is 0 Å². The Morgan fingerprint density at radius 1 is 1.18 bits per heavy atom. The van der Waals surface area contributed by atoms with Crippen LogP contribution in [0.15, 0.2) is 30.3 Å². The van der Waals surface area contributed by atoms with Gasteiger partial charge in [0.05, 0.1) is 0 Å².